The summed E-state index contributed by atoms with van der Waals surface area (Å²) in [6.07, 6.45) is 12.9. The maximum absolute atomic E-state index is 9.22. The van der Waals surface area contributed by atoms with Crippen molar-refractivity contribution in [2.24, 2.45) is 0 Å². The van der Waals surface area contributed by atoms with E-state index in [1.54, 1.807) is 0 Å². The van der Waals surface area contributed by atoms with E-state index in [1.165, 1.54) is 57.8 Å². The average molecular weight is 444 g/mol. The minimum absolute atomic E-state index is 0.0349. The highest BCUT2D eigenvalue weighted by molar-refractivity contribution is 14.1. The number of aliphatic hydroxyl groups is 2. The van der Waals surface area contributed by atoms with Crippen molar-refractivity contribution >= 4 is 22.6 Å². The van der Waals surface area contributed by atoms with Gasteiger partial charge in [-0.05, 0) is 6.42 Å². The Hall–Kier alpha value is 0.570. The van der Waals surface area contributed by atoms with Crippen molar-refractivity contribution < 1.29 is 19.7 Å². The molecule has 0 aromatic heterocycles. The second kappa shape index (κ2) is 18.9. The highest BCUT2D eigenvalue weighted by atomic mass is 127. The SMILES string of the molecule is CCCCCCCCCCCCOCC(CO)OCC(I)CO. The van der Waals surface area contributed by atoms with Crippen molar-refractivity contribution in [3.8, 4) is 0 Å². The summed E-state index contributed by atoms with van der Waals surface area (Å²) in [5.74, 6) is 0. The molecule has 5 heteroatoms. The minimum Gasteiger partial charge on any atom is -0.395 e. The van der Waals surface area contributed by atoms with Crippen LogP contribution in [0.2, 0.25) is 0 Å². The van der Waals surface area contributed by atoms with Gasteiger partial charge in [-0.1, -0.05) is 87.3 Å². The smallest absolute Gasteiger partial charge is 0.104 e. The molecule has 0 bridgehead atoms. The standard InChI is InChI=1S/C18H37IO4/c1-2-3-4-5-6-7-8-9-10-11-12-22-16-18(14-21)23-15-17(19)13-20/h17-18,20-21H,2-16H2,1H3. The molecule has 0 spiro atoms. The zero-order valence-electron chi connectivity index (χ0n) is 14.9. The molecule has 0 aromatic carbocycles. The van der Waals surface area contributed by atoms with Crippen molar-refractivity contribution in [1.82, 2.24) is 0 Å². The van der Waals surface area contributed by atoms with E-state index in [9.17, 15) is 5.11 Å². The van der Waals surface area contributed by atoms with Crippen molar-refractivity contribution in [2.45, 2.75) is 81.2 Å². The lowest BCUT2D eigenvalue weighted by atomic mass is 10.1. The second-order valence-corrected chi connectivity index (χ2v) is 7.94. The second-order valence-electron chi connectivity index (χ2n) is 6.17. The molecule has 0 fully saturated rings. The average Bonchev–Trinajstić information content (AvgIpc) is 2.58. The summed E-state index contributed by atoms with van der Waals surface area (Å²) in [5, 5.41) is 18.1. The van der Waals surface area contributed by atoms with Gasteiger partial charge >= 0.3 is 0 Å². The van der Waals surface area contributed by atoms with Crippen molar-refractivity contribution in [2.75, 3.05) is 33.0 Å². The van der Waals surface area contributed by atoms with Crippen LogP contribution in [0.15, 0.2) is 0 Å². The third kappa shape index (κ3) is 17.2. The topological polar surface area (TPSA) is 58.9 Å². The largest absolute Gasteiger partial charge is 0.395 e. The first kappa shape index (κ1) is 23.6. The molecule has 0 amide bonds. The van der Waals surface area contributed by atoms with Gasteiger partial charge < -0.3 is 19.7 Å². The van der Waals surface area contributed by atoms with Gasteiger partial charge in [0, 0.05) is 6.61 Å². The van der Waals surface area contributed by atoms with Gasteiger partial charge in [-0.3, -0.25) is 0 Å². The zero-order chi connectivity index (χ0) is 17.2. The third-order valence-electron chi connectivity index (χ3n) is 3.86. The summed E-state index contributed by atoms with van der Waals surface area (Å²) < 4.78 is 11.1. The first-order valence-electron chi connectivity index (χ1n) is 9.29. The quantitative estimate of drug-likeness (QED) is 0.190. The molecule has 23 heavy (non-hydrogen) atoms. The molecule has 0 aliphatic heterocycles. The van der Waals surface area contributed by atoms with Gasteiger partial charge in [0.15, 0.2) is 0 Å². The number of alkyl halides is 1. The molecule has 0 aliphatic carbocycles. The van der Waals surface area contributed by atoms with E-state index in [2.05, 4.69) is 29.5 Å². The maximum Gasteiger partial charge on any atom is 0.104 e. The van der Waals surface area contributed by atoms with Crippen LogP contribution in [0.1, 0.15) is 71.1 Å². The molecule has 140 valence electrons. The molecule has 2 N–H and O–H groups in total. The number of ether oxygens (including phenoxy) is 2. The molecule has 0 aromatic rings. The Kier molecular flexibility index (Phi) is 19.4. The number of unbranched alkanes of at least 4 members (excludes halogenated alkanes) is 9. The fraction of sp³-hybridized carbons (Fsp3) is 1.00. The molecule has 2 unspecified atom stereocenters. The van der Waals surface area contributed by atoms with E-state index in [1.807, 2.05) is 0 Å². The fourth-order valence-corrected chi connectivity index (χ4v) is 2.56. The predicted octanol–water partition coefficient (Wildman–Crippen LogP) is 4.10. The van der Waals surface area contributed by atoms with Crippen LogP contribution in [0.4, 0.5) is 0 Å². The highest BCUT2D eigenvalue weighted by Gasteiger charge is 2.10. The van der Waals surface area contributed by atoms with Crippen LogP contribution in [0.5, 0.6) is 0 Å². The zero-order valence-corrected chi connectivity index (χ0v) is 17.0. The van der Waals surface area contributed by atoms with Crippen LogP contribution in [0.25, 0.3) is 0 Å². The summed E-state index contributed by atoms with van der Waals surface area (Å²) in [7, 11) is 0. The lowest BCUT2D eigenvalue weighted by Crippen LogP contribution is -2.28. The summed E-state index contributed by atoms with van der Waals surface area (Å²) in [5.41, 5.74) is 0. The minimum atomic E-state index is -0.276. The van der Waals surface area contributed by atoms with E-state index in [0.717, 1.165) is 13.0 Å². The van der Waals surface area contributed by atoms with Gasteiger partial charge in [0.25, 0.3) is 0 Å². The summed E-state index contributed by atoms with van der Waals surface area (Å²) in [6.45, 7) is 3.94. The normalized spacial score (nSPS) is 14.1. The number of rotatable bonds is 18. The first-order chi connectivity index (χ1) is 11.2. The number of hydrogen-bond acceptors (Lipinski definition) is 4. The predicted molar refractivity (Wildman–Crippen MR) is 104 cm³/mol. The fourth-order valence-electron chi connectivity index (χ4n) is 2.35. The molecular weight excluding hydrogens is 407 g/mol. The van der Waals surface area contributed by atoms with E-state index in [-0.39, 0.29) is 23.2 Å². The lowest BCUT2D eigenvalue weighted by molar-refractivity contribution is -0.0433. The van der Waals surface area contributed by atoms with Crippen LogP contribution in [-0.4, -0.2) is 53.3 Å². The Bertz CT molecular complexity index is 229. The van der Waals surface area contributed by atoms with Gasteiger partial charge in [0.05, 0.1) is 30.4 Å². The molecular formula is C18H37IO4. The van der Waals surface area contributed by atoms with Crippen molar-refractivity contribution in [3.05, 3.63) is 0 Å². The molecule has 4 nitrogen and oxygen atoms in total. The van der Waals surface area contributed by atoms with Gasteiger partial charge in [-0.2, -0.15) is 0 Å². The number of aliphatic hydroxyl groups excluding tert-OH is 2. The van der Waals surface area contributed by atoms with E-state index in [0.29, 0.717) is 13.2 Å². The van der Waals surface area contributed by atoms with Gasteiger partial charge in [-0.25, -0.2) is 0 Å². The molecule has 0 rings (SSSR count). The summed E-state index contributed by atoms with van der Waals surface area (Å²) in [6, 6.07) is 0. The molecule has 0 saturated carbocycles. The maximum atomic E-state index is 9.22. The van der Waals surface area contributed by atoms with Crippen LogP contribution in [-0.2, 0) is 9.47 Å². The third-order valence-corrected chi connectivity index (χ3v) is 4.61. The lowest BCUT2D eigenvalue weighted by Gasteiger charge is -2.17. The Balaban J connectivity index is 3.27. The van der Waals surface area contributed by atoms with Gasteiger partial charge in [0.2, 0.25) is 0 Å². The van der Waals surface area contributed by atoms with Crippen molar-refractivity contribution in [1.29, 1.82) is 0 Å². The Morgan fingerprint density at radius 2 is 1.35 bits per heavy atom. The Morgan fingerprint density at radius 1 is 0.783 bits per heavy atom. The molecule has 0 radical (unpaired) electrons. The van der Waals surface area contributed by atoms with Crippen LogP contribution >= 0.6 is 22.6 Å². The van der Waals surface area contributed by atoms with Crippen LogP contribution in [0, 0.1) is 0 Å². The number of hydrogen-bond donors (Lipinski definition) is 2. The monoisotopic (exact) mass is 444 g/mol. The Labute approximate surface area is 156 Å². The van der Waals surface area contributed by atoms with Crippen molar-refractivity contribution in [3.63, 3.8) is 0 Å². The molecule has 0 aliphatic rings. The van der Waals surface area contributed by atoms with E-state index < -0.39 is 0 Å². The van der Waals surface area contributed by atoms with Gasteiger partial charge in [0.1, 0.15) is 6.10 Å². The Morgan fingerprint density at radius 3 is 1.87 bits per heavy atom. The van der Waals surface area contributed by atoms with Crippen LogP contribution < -0.4 is 0 Å². The molecule has 0 heterocycles. The molecule has 0 saturated heterocycles. The molecule has 2 atom stereocenters. The van der Waals surface area contributed by atoms with Crippen LogP contribution in [0.3, 0.4) is 0 Å². The van der Waals surface area contributed by atoms with Gasteiger partial charge in [-0.15, -0.1) is 0 Å². The summed E-state index contributed by atoms with van der Waals surface area (Å²) in [4.78, 5) is 0. The first-order valence-corrected chi connectivity index (χ1v) is 10.5. The van der Waals surface area contributed by atoms with E-state index >= 15 is 0 Å². The summed E-state index contributed by atoms with van der Waals surface area (Å²) >= 11 is 2.13. The van der Waals surface area contributed by atoms with E-state index in [4.69, 9.17) is 14.6 Å². The highest BCUT2D eigenvalue weighted by Crippen LogP contribution is 2.10. The number of halogens is 1.